The number of alkyl halides is 3. The Hall–Kier alpha value is -1.64. The van der Waals surface area contributed by atoms with Gasteiger partial charge < -0.3 is 10.4 Å². The quantitative estimate of drug-likeness (QED) is 0.895. The highest BCUT2D eigenvalue weighted by Crippen LogP contribution is 2.36. The van der Waals surface area contributed by atoms with Gasteiger partial charge in [-0.1, -0.05) is 25.2 Å². The van der Waals surface area contributed by atoms with Crippen LogP contribution in [0.15, 0.2) is 0 Å². The number of amides is 1. The Kier molecular flexibility index (Phi) is 4.51. The highest BCUT2D eigenvalue weighted by molar-refractivity contribution is 7.17. The van der Waals surface area contributed by atoms with Crippen molar-refractivity contribution in [3.05, 3.63) is 10.6 Å². The molecule has 0 aliphatic carbocycles. The van der Waals surface area contributed by atoms with Crippen LogP contribution in [-0.4, -0.2) is 22.0 Å². The number of rotatable bonds is 4. The van der Waals surface area contributed by atoms with Crippen molar-refractivity contribution in [2.45, 2.75) is 26.4 Å². The molecule has 0 saturated heterocycles. The summed E-state index contributed by atoms with van der Waals surface area (Å²) in [6.07, 6.45) is -4.76. The van der Waals surface area contributed by atoms with Crippen molar-refractivity contribution in [3.63, 3.8) is 0 Å². The summed E-state index contributed by atoms with van der Waals surface area (Å²) in [6, 6.07) is 0. The normalized spacial score (nSPS) is 11.7. The fourth-order valence-corrected chi connectivity index (χ4v) is 2.09. The Morgan fingerprint density at radius 3 is 2.37 bits per heavy atom. The number of thiazole rings is 1. The summed E-state index contributed by atoms with van der Waals surface area (Å²) >= 11 is 0.287. The molecule has 0 fully saturated rings. The van der Waals surface area contributed by atoms with E-state index in [9.17, 15) is 22.8 Å². The summed E-state index contributed by atoms with van der Waals surface area (Å²) in [5.74, 6) is -2.20. The summed E-state index contributed by atoms with van der Waals surface area (Å²) in [5.41, 5.74) is -1.50. The minimum Gasteiger partial charge on any atom is -0.477 e. The van der Waals surface area contributed by atoms with Gasteiger partial charge in [0.25, 0.3) is 0 Å². The summed E-state index contributed by atoms with van der Waals surface area (Å²) in [7, 11) is 0. The standard InChI is InChI=1S/C10H11F3N2O3S/c1-4(2)3-5(16)14-9-15-7(10(11,12)13)6(19-9)8(17)18/h4H,3H2,1-2H3,(H,17,18)(H,14,15,16). The SMILES string of the molecule is CC(C)CC(=O)Nc1nc(C(F)(F)F)c(C(=O)O)s1. The van der Waals surface area contributed by atoms with Crippen LogP contribution in [-0.2, 0) is 11.0 Å². The average molecular weight is 296 g/mol. The lowest BCUT2D eigenvalue weighted by Crippen LogP contribution is -2.14. The van der Waals surface area contributed by atoms with Gasteiger partial charge in [-0.25, -0.2) is 9.78 Å². The number of halogens is 3. The van der Waals surface area contributed by atoms with Gasteiger partial charge in [-0.05, 0) is 5.92 Å². The molecule has 2 N–H and O–H groups in total. The van der Waals surface area contributed by atoms with Gasteiger partial charge in [-0.3, -0.25) is 4.79 Å². The molecule has 0 aliphatic rings. The van der Waals surface area contributed by atoms with Gasteiger partial charge in [-0.2, -0.15) is 13.2 Å². The topological polar surface area (TPSA) is 79.3 Å². The van der Waals surface area contributed by atoms with Crippen molar-refractivity contribution in [1.29, 1.82) is 0 Å². The molecule has 5 nitrogen and oxygen atoms in total. The zero-order valence-electron chi connectivity index (χ0n) is 10.0. The van der Waals surface area contributed by atoms with E-state index < -0.39 is 28.6 Å². The Balaban J connectivity index is 2.99. The zero-order chi connectivity index (χ0) is 14.8. The van der Waals surface area contributed by atoms with Gasteiger partial charge in [0, 0.05) is 6.42 Å². The van der Waals surface area contributed by atoms with Crippen molar-refractivity contribution >= 4 is 28.3 Å². The second-order valence-electron chi connectivity index (χ2n) is 4.15. The maximum absolute atomic E-state index is 12.5. The number of carbonyl (C=O) groups is 2. The number of aromatic nitrogens is 1. The van der Waals surface area contributed by atoms with E-state index in [1.807, 2.05) is 0 Å². The van der Waals surface area contributed by atoms with Crippen molar-refractivity contribution in [3.8, 4) is 0 Å². The molecule has 0 aromatic carbocycles. The lowest BCUT2D eigenvalue weighted by atomic mass is 10.1. The van der Waals surface area contributed by atoms with Gasteiger partial charge in [0.1, 0.15) is 4.88 Å². The first kappa shape index (κ1) is 15.4. The molecule has 1 amide bonds. The Bertz CT molecular complexity index is 497. The summed E-state index contributed by atoms with van der Waals surface area (Å²) < 4.78 is 37.6. The molecule has 1 aromatic heterocycles. The summed E-state index contributed by atoms with van der Waals surface area (Å²) in [6.45, 7) is 3.54. The molecule has 0 bridgehead atoms. The highest BCUT2D eigenvalue weighted by Gasteiger charge is 2.39. The number of hydrogen-bond acceptors (Lipinski definition) is 4. The lowest BCUT2D eigenvalue weighted by Gasteiger charge is -2.04. The van der Waals surface area contributed by atoms with E-state index in [1.165, 1.54) is 0 Å². The lowest BCUT2D eigenvalue weighted by molar-refractivity contribution is -0.141. The fraction of sp³-hybridized carbons (Fsp3) is 0.500. The van der Waals surface area contributed by atoms with Crippen LogP contribution in [0.1, 0.15) is 35.6 Å². The minimum absolute atomic E-state index is 0.0287. The third-order valence-electron chi connectivity index (χ3n) is 1.93. The predicted octanol–water partition coefficient (Wildman–Crippen LogP) is 2.84. The number of carboxylic acids is 1. The number of carboxylic acid groups (broad SMARTS) is 1. The number of nitrogens with zero attached hydrogens (tertiary/aromatic N) is 1. The predicted molar refractivity (Wildman–Crippen MR) is 62.2 cm³/mol. The molecule has 1 heterocycles. The number of nitrogens with one attached hydrogen (secondary N) is 1. The largest absolute Gasteiger partial charge is 0.477 e. The monoisotopic (exact) mass is 296 g/mol. The van der Waals surface area contributed by atoms with E-state index in [4.69, 9.17) is 5.11 Å². The maximum atomic E-state index is 12.5. The molecule has 19 heavy (non-hydrogen) atoms. The van der Waals surface area contributed by atoms with Crippen molar-refractivity contribution in [2.75, 3.05) is 5.32 Å². The molecule has 0 spiro atoms. The van der Waals surface area contributed by atoms with Crippen molar-refractivity contribution < 1.29 is 27.9 Å². The van der Waals surface area contributed by atoms with Gasteiger partial charge in [-0.15, -0.1) is 0 Å². The van der Waals surface area contributed by atoms with E-state index >= 15 is 0 Å². The fourth-order valence-electron chi connectivity index (χ4n) is 1.25. The number of anilines is 1. The Morgan fingerprint density at radius 2 is 2.00 bits per heavy atom. The molecule has 0 radical (unpaired) electrons. The van der Waals surface area contributed by atoms with Crippen LogP contribution in [0.3, 0.4) is 0 Å². The van der Waals surface area contributed by atoms with Gasteiger partial charge >= 0.3 is 12.1 Å². The van der Waals surface area contributed by atoms with Gasteiger partial charge in [0.2, 0.25) is 5.91 Å². The van der Waals surface area contributed by atoms with Gasteiger partial charge in [0.15, 0.2) is 10.8 Å². The zero-order valence-corrected chi connectivity index (χ0v) is 10.9. The number of aromatic carboxylic acids is 1. The molecule has 1 rings (SSSR count). The first-order chi connectivity index (χ1) is 8.61. The minimum atomic E-state index is -4.87. The third-order valence-corrected chi connectivity index (χ3v) is 2.89. The van der Waals surface area contributed by atoms with Crippen LogP contribution in [0.4, 0.5) is 18.3 Å². The van der Waals surface area contributed by atoms with E-state index in [2.05, 4.69) is 10.3 Å². The van der Waals surface area contributed by atoms with Crippen molar-refractivity contribution in [1.82, 2.24) is 4.98 Å². The Labute approximate surface area is 110 Å². The van der Waals surface area contributed by atoms with Crippen LogP contribution in [0, 0.1) is 5.92 Å². The van der Waals surface area contributed by atoms with E-state index in [-0.39, 0.29) is 28.8 Å². The van der Waals surface area contributed by atoms with E-state index in [0.717, 1.165) is 0 Å². The summed E-state index contributed by atoms with van der Waals surface area (Å²) in [5, 5.41) is 10.5. The molecule has 0 atom stereocenters. The molecule has 1 aromatic rings. The molecular formula is C10H11F3N2O3S. The van der Waals surface area contributed by atoms with Crippen LogP contribution in [0.25, 0.3) is 0 Å². The van der Waals surface area contributed by atoms with Crippen molar-refractivity contribution in [2.24, 2.45) is 5.92 Å². The second-order valence-corrected chi connectivity index (χ2v) is 5.14. The number of hydrogen-bond donors (Lipinski definition) is 2. The smallest absolute Gasteiger partial charge is 0.435 e. The third kappa shape index (κ3) is 4.19. The van der Waals surface area contributed by atoms with Crippen LogP contribution < -0.4 is 5.32 Å². The molecule has 0 unspecified atom stereocenters. The maximum Gasteiger partial charge on any atom is 0.435 e. The van der Waals surface area contributed by atoms with Crippen LogP contribution in [0.2, 0.25) is 0 Å². The average Bonchev–Trinajstić information content (AvgIpc) is 2.59. The Morgan fingerprint density at radius 1 is 1.42 bits per heavy atom. The summed E-state index contributed by atoms with van der Waals surface area (Å²) in [4.78, 5) is 24.3. The molecular weight excluding hydrogens is 285 g/mol. The second kappa shape index (κ2) is 5.55. The highest BCUT2D eigenvalue weighted by atomic mass is 32.1. The molecule has 9 heteroatoms. The molecule has 0 aliphatic heterocycles. The van der Waals surface area contributed by atoms with Gasteiger partial charge in [0.05, 0.1) is 0 Å². The number of carbonyl (C=O) groups excluding carboxylic acids is 1. The van der Waals surface area contributed by atoms with Crippen LogP contribution in [0.5, 0.6) is 0 Å². The first-order valence-electron chi connectivity index (χ1n) is 5.22. The van der Waals surface area contributed by atoms with E-state index in [1.54, 1.807) is 13.8 Å². The molecule has 106 valence electrons. The first-order valence-corrected chi connectivity index (χ1v) is 6.04. The molecule has 0 saturated carbocycles. The van der Waals surface area contributed by atoms with E-state index in [0.29, 0.717) is 0 Å². The van der Waals surface area contributed by atoms with Crippen LogP contribution >= 0.6 is 11.3 Å².